The number of anilines is 2. The zero-order valence-corrected chi connectivity index (χ0v) is 14.0. The molecule has 0 atom stereocenters. The summed E-state index contributed by atoms with van der Waals surface area (Å²) in [5.41, 5.74) is 7.16. The number of nitrogens with two attached hydrogens (primary N) is 1. The Labute approximate surface area is 133 Å². The van der Waals surface area contributed by atoms with Crippen molar-refractivity contribution in [2.24, 2.45) is 0 Å². The molecule has 0 spiro atoms. The monoisotopic (exact) mass is 345 g/mol. The highest BCUT2D eigenvalue weighted by atomic mass is 35.5. The van der Waals surface area contributed by atoms with Gasteiger partial charge >= 0.3 is 0 Å². The lowest BCUT2D eigenvalue weighted by molar-refractivity contribution is 0.588. The Hall–Kier alpha value is -1.28. The number of nitrogens with one attached hydrogen (secondary N) is 1. The van der Waals surface area contributed by atoms with Crippen LogP contribution in [0.1, 0.15) is 4.88 Å². The van der Waals surface area contributed by atoms with Crippen molar-refractivity contribution in [1.29, 1.82) is 0 Å². The van der Waals surface area contributed by atoms with Gasteiger partial charge in [0.05, 0.1) is 27.2 Å². The molecular weight excluding hydrogens is 330 g/mol. The number of hydrogen-bond donors (Lipinski definition) is 2. The van der Waals surface area contributed by atoms with Gasteiger partial charge in [-0.3, -0.25) is 0 Å². The largest absolute Gasteiger partial charge is 0.397 e. The molecule has 0 radical (unpaired) electrons. The van der Waals surface area contributed by atoms with Crippen LogP contribution < -0.4 is 15.4 Å². The van der Waals surface area contributed by atoms with Gasteiger partial charge in [-0.25, -0.2) is 13.1 Å². The molecule has 114 valence electrons. The molecule has 0 bridgehead atoms. The number of rotatable bonds is 5. The van der Waals surface area contributed by atoms with E-state index in [1.807, 2.05) is 24.1 Å². The van der Waals surface area contributed by atoms with Crippen LogP contribution in [-0.4, -0.2) is 22.5 Å². The molecule has 8 heteroatoms. The fourth-order valence-electron chi connectivity index (χ4n) is 1.92. The topological polar surface area (TPSA) is 75.4 Å². The lowest BCUT2D eigenvalue weighted by Crippen LogP contribution is -2.20. The minimum absolute atomic E-state index is 0.152. The second kappa shape index (κ2) is 6.23. The number of sulfonamides is 1. The Bertz CT molecular complexity index is 744. The van der Waals surface area contributed by atoms with Crippen molar-refractivity contribution in [2.75, 3.05) is 24.7 Å². The first kappa shape index (κ1) is 16.1. The van der Waals surface area contributed by atoms with Crippen molar-refractivity contribution in [3.63, 3.8) is 0 Å². The predicted molar refractivity (Wildman–Crippen MR) is 88.5 cm³/mol. The molecule has 0 saturated carbocycles. The van der Waals surface area contributed by atoms with E-state index in [0.717, 1.165) is 14.9 Å². The van der Waals surface area contributed by atoms with Crippen molar-refractivity contribution >= 4 is 44.3 Å². The highest BCUT2D eigenvalue weighted by molar-refractivity contribution is 7.89. The van der Waals surface area contributed by atoms with Crippen LogP contribution in [0.4, 0.5) is 11.4 Å². The van der Waals surface area contributed by atoms with Gasteiger partial charge in [-0.15, -0.1) is 11.3 Å². The zero-order valence-electron chi connectivity index (χ0n) is 11.6. The van der Waals surface area contributed by atoms with Crippen LogP contribution >= 0.6 is 22.9 Å². The maximum atomic E-state index is 11.7. The van der Waals surface area contributed by atoms with Gasteiger partial charge < -0.3 is 10.6 Å². The van der Waals surface area contributed by atoms with Gasteiger partial charge in [-0.05, 0) is 37.4 Å². The minimum atomic E-state index is -3.48. The normalized spacial score (nSPS) is 11.6. The third-order valence-corrected chi connectivity index (χ3v) is 5.64. The van der Waals surface area contributed by atoms with Gasteiger partial charge in [0, 0.05) is 11.9 Å². The molecule has 5 nitrogen and oxygen atoms in total. The molecule has 0 aliphatic heterocycles. The van der Waals surface area contributed by atoms with E-state index in [1.54, 1.807) is 6.07 Å². The number of hydrogen-bond acceptors (Lipinski definition) is 5. The van der Waals surface area contributed by atoms with Gasteiger partial charge in [-0.1, -0.05) is 11.6 Å². The summed E-state index contributed by atoms with van der Waals surface area (Å²) < 4.78 is 26.5. The molecule has 0 unspecified atom stereocenters. The summed E-state index contributed by atoms with van der Waals surface area (Å²) in [6.45, 7) is 0.652. The van der Waals surface area contributed by atoms with Gasteiger partial charge in [0.1, 0.15) is 0 Å². The molecule has 0 aliphatic rings. The van der Waals surface area contributed by atoms with E-state index >= 15 is 0 Å². The smallest absolute Gasteiger partial charge is 0.240 e. The summed E-state index contributed by atoms with van der Waals surface area (Å²) >= 11 is 7.41. The minimum Gasteiger partial charge on any atom is -0.397 e. The molecule has 2 aromatic rings. The van der Waals surface area contributed by atoms with E-state index in [2.05, 4.69) is 4.72 Å². The molecule has 0 amide bonds. The maximum absolute atomic E-state index is 11.7. The second-order valence-corrected chi connectivity index (χ2v) is 8.18. The summed E-state index contributed by atoms with van der Waals surface area (Å²) in [6.07, 6.45) is 0. The van der Waals surface area contributed by atoms with Gasteiger partial charge in [0.15, 0.2) is 0 Å². The van der Waals surface area contributed by atoms with Crippen LogP contribution in [0.5, 0.6) is 0 Å². The third kappa shape index (κ3) is 3.68. The molecule has 21 heavy (non-hydrogen) atoms. The molecule has 0 saturated heterocycles. The van der Waals surface area contributed by atoms with Crippen LogP contribution in [0.15, 0.2) is 35.2 Å². The second-order valence-electron chi connectivity index (χ2n) is 4.49. The third-order valence-electron chi connectivity index (χ3n) is 3.01. The fourth-order valence-corrected chi connectivity index (χ4v) is 3.83. The van der Waals surface area contributed by atoms with Crippen molar-refractivity contribution in [3.05, 3.63) is 39.5 Å². The van der Waals surface area contributed by atoms with Gasteiger partial charge in [0.25, 0.3) is 0 Å². The van der Waals surface area contributed by atoms with Crippen LogP contribution in [0, 0.1) is 0 Å². The first-order valence-electron chi connectivity index (χ1n) is 6.12. The highest BCUT2D eigenvalue weighted by Crippen LogP contribution is 2.29. The van der Waals surface area contributed by atoms with Crippen LogP contribution in [0.25, 0.3) is 0 Å². The SMILES string of the molecule is CNS(=O)(=O)c1ccc(N(C)Cc2ccc(Cl)s2)c(N)c1. The first-order valence-corrected chi connectivity index (χ1v) is 8.79. The Morgan fingerprint density at radius 1 is 1.33 bits per heavy atom. The average Bonchev–Trinajstić information content (AvgIpc) is 2.83. The zero-order chi connectivity index (χ0) is 15.6. The summed E-state index contributed by atoms with van der Waals surface area (Å²) in [7, 11) is -0.221. The Morgan fingerprint density at radius 3 is 2.57 bits per heavy atom. The van der Waals surface area contributed by atoms with E-state index in [0.29, 0.717) is 12.2 Å². The maximum Gasteiger partial charge on any atom is 0.240 e. The van der Waals surface area contributed by atoms with Crippen molar-refractivity contribution in [3.8, 4) is 0 Å². The number of nitrogens with zero attached hydrogens (tertiary/aromatic N) is 1. The molecule has 0 aliphatic carbocycles. The van der Waals surface area contributed by atoms with Crippen molar-refractivity contribution in [2.45, 2.75) is 11.4 Å². The molecule has 2 rings (SSSR count). The van der Waals surface area contributed by atoms with Gasteiger partial charge in [-0.2, -0.15) is 0 Å². The van der Waals surface area contributed by atoms with E-state index < -0.39 is 10.0 Å². The molecule has 0 fully saturated rings. The van der Waals surface area contributed by atoms with Crippen LogP contribution in [0.2, 0.25) is 4.34 Å². The van der Waals surface area contributed by atoms with E-state index in [-0.39, 0.29) is 4.90 Å². The number of halogens is 1. The number of nitrogen functional groups attached to an aromatic ring is 1. The fraction of sp³-hybridized carbons (Fsp3) is 0.231. The lowest BCUT2D eigenvalue weighted by Gasteiger charge is -2.21. The molecular formula is C13H16ClN3O2S2. The number of thiophene rings is 1. The number of benzene rings is 1. The van der Waals surface area contributed by atoms with Gasteiger partial charge in [0.2, 0.25) is 10.0 Å². The molecule has 1 heterocycles. The highest BCUT2D eigenvalue weighted by Gasteiger charge is 2.14. The van der Waals surface area contributed by atoms with Crippen molar-refractivity contribution < 1.29 is 8.42 Å². The van der Waals surface area contributed by atoms with E-state index in [9.17, 15) is 8.42 Å². The van der Waals surface area contributed by atoms with Crippen LogP contribution in [0.3, 0.4) is 0 Å². The standard InChI is InChI=1S/C13H16ClN3O2S2/c1-16-21(18,19)10-4-5-12(11(15)7-10)17(2)8-9-3-6-13(14)20-9/h3-7,16H,8,15H2,1-2H3. The van der Waals surface area contributed by atoms with E-state index in [1.165, 1.54) is 30.5 Å². The quantitative estimate of drug-likeness (QED) is 0.816. The molecule has 3 N–H and O–H groups in total. The molecule has 1 aromatic carbocycles. The summed E-state index contributed by atoms with van der Waals surface area (Å²) in [6, 6.07) is 8.50. The average molecular weight is 346 g/mol. The first-order chi connectivity index (χ1) is 9.83. The summed E-state index contributed by atoms with van der Waals surface area (Å²) in [5.74, 6) is 0. The van der Waals surface area contributed by atoms with E-state index in [4.69, 9.17) is 17.3 Å². The Balaban J connectivity index is 2.24. The summed E-state index contributed by atoms with van der Waals surface area (Å²) in [4.78, 5) is 3.21. The van der Waals surface area contributed by atoms with Crippen LogP contribution in [-0.2, 0) is 16.6 Å². The predicted octanol–water partition coefficient (Wildman–Crippen LogP) is 2.53. The Kier molecular flexibility index (Phi) is 4.77. The molecule has 1 aromatic heterocycles. The van der Waals surface area contributed by atoms with Crippen molar-refractivity contribution in [1.82, 2.24) is 4.72 Å². The lowest BCUT2D eigenvalue weighted by atomic mass is 10.2. The Morgan fingerprint density at radius 2 is 2.05 bits per heavy atom. The summed E-state index contributed by atoms with van der Waals surface area (Å²) in [5, 5.41) is 0.